The van der Waals surface area contributed by atoms with Crippen LogP contribution < -0.4 is 5.73 Å². The van der Waals surface area contributed by atoms with Crippen molar-refractivity contribution >= 4 is 17.4 Å². The van der Waals surface area contributed by atoms with Crippen LogP contribution in [-0.2, 0) is 18.8 Å². The molecule has 1 heterocycles. The normalized spacial score (nSPS) is 10.8. The van der Waals surface area contributed by atoms with Crippen LogP contribution in [0.2, 0.25) is 0 Å². The lowest BCUT2D eigenvalue weighted by Gasteiger charge is -2.06. The molecule has 7 nitrogen and oxygen atoms in total. The first-order valence-electron chi connectivity index (χ1n) is 6.25. The van der Waals surface area contributed by atoms with Crippen LogP contribution in [0.25, 0.3) is 0 Å². The minimum absolute atomic E-state index is 0.232. The number of benzene rings is 1. The van der Waals surface area contributed by atoms with Gasteiger partial charge in [0.2, 0.25) is 5.82 Å². The highest BCUT2D eigenvalue weighted by Crippen LogP contribution is 2.27. The quantitative estimate of drug-likeness (QED) is 0.498. The first-order valence-corrected chi connectivity index (χ1v) is 7.23. The fourth-order valence-electron chi connectivity index (χ4n) is 1.86. The van der Waals surface area contributed by atoms with Crippen LogP contribution in [0.1, 0.15) is 18.3 Å². The van der Waals surface area contributed by atoms with E-state index in [9.17, 15) is 14.5 Å². The Hall–Kier alpha value is -2.00. The molecule has 0 bridgehead atoms. The van der Waals surface area contributed by atoms with Gasteiger partial charge in [-0.15, -0.1) is 10.2 Å². The number of nitro groups is 1. The largest absolute Gasteiger partial charge is 0.324 e. The minimum atomic E-state index is -0.809. The fraction of sp³-hybridized carbons (Fsp3) is 0.333. The van der Waals surface area contributed by atoms with Gasteiger partial charge in [0.1, 0.15) is 5.82 Å². The average molecular weight is 311 g/mol. The van der Waals surface area contributed by atoms with Crippen LogP contribution in [0.3, 0.4) is 0 Å². The monoisotopic (exact) mass is 311 g/mol. The Bertz CT molecular complexity index is 661. The molecule has 9 heteroatoms. The van der Waals surface area contributed by atoms with Gasteiger partial charge >= 0.3 is 5.69 Å². The van der Waals surface area contributed by atoms with Crippen LogP contribution in [0.4, 0.5) is 10.1 Å². The van der Waals surface area contributed by atoms with Crippen molar-refractivity contribution in [3.05, 3.63) is 45.5 Å². The summed E-state index contributed by atoms with van der Waals surface area (Å²) in [6, 6.07) is 4.13. The van der Waals surface area contributed by atoms with Crippen molar-refractivity contribution < 1.29 is 9.31 Å². The van der Waals surface area contributed by atoms with Crippen LogP contribution in [0, 0.1) is 15.9 Å². The molecule has 0 spiro atoms. The average Bonchev–Trinajstić information content (AvgIpc) is 2.87. The molecule has 21 heavy (non-hydrogen) atoms. The van der Waals surface area contributed by atoms with Gasteiger partial charge in [0.05, 0.1) is 11.5 Å². The number of hydrogen-bond acceptors (Lipinski definition) is 6. The first kappa shape index (κ1) is 15.4. The molecule has 0 unspecified atom stereocenters. The van der Waals surface area contributed by atoms with Gasteiger partial charge in [0.15, 0.2) is 5.16 Å². The maximum Gasteiger partial charge on any atom is 0.305 e. The van der Waals surface area contributed by atoms with E-state index in [2.05, 4.69) is 10.2 Å². The van der Waals surface area contributed by atoms with Crippen LogP contribution in [-0.4, -0.2) is 19.7 Å². The van der Waals surface area contributed by atoms with Crippen LogP contribution >= 0.6 is 11.8 Å². The third-order valence-corrected chi connectivity index (χ3v) is 3.92. The first-order chi connectivity index (χ1) is 10.1. The SMILES string of the molecule is CCn1c(CN)nnc1SCc1cccc([N+](=O)[O-])c1F. The van der Waals surface area contributed by atoms with Gasteiger partial charge in [-0.25, -0.2) is 0 Å². The van der Waals surface area contributed by atoms with Crippen molar-refractivity contribution in [1.29, 1.82) is 0 Å². The van der Waals surface area contributed by atoms with Crippen molar-refractivity contribution in [2.45, 2.75) is 30.9 Å². The summed E-state index contributed by atoms with van der Waals surface area (Å²) in [5, 5.41) is 19.3. The van der Waals surface area contributed by atoms with Gasteiger partial charge in [0.25, 0.3) is 0 Å². The molecule has 2 rings (SSSR count). The topological polar surface area (TPSA) is 99.9 Å². The highest BCUT2D eigenvalue weighted by atomic mass is 32.2. The van der Waals surface area contributed by atoms with Gasteiger partial charge in [0, 0.05) is 23.9 Å². The lowest BCUT2D eigenvalue weighted by Crippen LogP contribution is -2.08. The molecular weight excluding hydrogens is 297 g/mol. The lowest BCUT2D eigenvalue weighted by molar-refractivity contribution is -0.387. The second-order valence-corrected chi connectivity index (χ2v) is 5.09. The van der Waals surface area contributed by atoms with Crippen molar-refractivity contribution in [1.82, 2.24) is 14.8 Å². The molecule has 1 aromatic carbocycles. The third-order valence-electron chi connectivity index (χ3n) is 2.90. The van der Waals surface area contributed by atoms with E-state index in [-0.39, 0.29) is 17.9 Å². The summed E-state index contributed by atoms with van der Waals surface area (Å²) in [5.41, 5.74) is 5.29. The molecule has 2 N–H and O–H groups in total. The van der Waals surface area contributed by atoms with Gasteiger partial charge in [-0.3, -0.25) is 10.1 Å². The second-order valence-electron chi connectivity index (χ2n) is 4.14. The van der Waals surface area contributed by atoms with E-state index in [1.54, 1.807) is 0 Å². The summed E-state index contributed by atoms with van der Waals surface area (Å²) in [6.45, 7) is 2.85. The molecule has 0 saturated heterocycles. The molecular formula is C12H14FN5O2S. The zero-order valence-electron chi connectivity index (χ0n) is 11.3. The van der Waals surface area contributed by atoms with Gasteiger partial charge < -0.3 is 10.3 Å². The van der Waals surface area contributed by atoms with Gasteiger partial charge in [-0.2, -0.15) is 4.39 Å². The highest BCUT2D eigenvalue weighted by Gasteiger charge is 2.18. The number of nitrogens with two attached hydrogens (primary N) is 1. The van der Waals surface area contributed by atoms with Crippen LogP contribution in [0.5, 0.6) is 0 Å². The minimum Gasteiger partial charge on any atom is -0.324 e. The molecule has 0 aliphatic heterocycles. The van der Waals surface area contributed by atoms with E-state index >= 15 is 0 Å². The maximum atomic E-state index is 14.0. The van der Waals surface area contributed by atoms with E-state index in [1.807, 2.05) is 11.5 Å². The summed E-state index contributed by atoms with van der Waals surface area (Å²) in [4.78, 5) is 9.98. The number of hydrogen-bond donors (Lipinski definition) is 1. The Kier molecular flexibility index (Phi) is 4.86. The Morgan fingerprint density at radius 3 is 2.86 bits per heavy atom. The van der Waals surface area contributed by atoms with Crippen LogP contribution in [0.15, 0.2) is 23.4 Å². The number of thioether (sulfide) groups is 1. The molecule has 112 valence electrons. The Morgan fingerprint density at radius 1 is 1.48 bits per heavy atom. The lowest BCUT2D eigenvalue weighted by atomic mass is 10.2. The number of aromatic nitrogens is 3. The summed E-state index contributed by atoms with van der Waals surface area (Å²) in [7, 11) is 0. The van der Waals surface area contributed by atoms with E-state index in [0.29, 0.717) is 17.5 Å². The second kappa shape index (κ2) is 6.64. The van der Waals surface area contributed by atoms with Crippen molar-refractivity contribution in [3.8, 4) is 0 Å². The van der Waals surface area contributed by atoms with E-state index in [0.717, 1.165) is 6.07 Å². The summed E-state index contributed by atoms with van der Waals surface area (Å²) >= 11 is 1.27. The maximum absolute atomic E-state index is 14.0. The highest BCUT2D eigenvalue weighted by molar-refractivity contribution is 7.98. The zero-order valence-corrected chi connectivity index (χ0v) is 12.1. The van der Waals surface area contributed by atoms with Crippen molar-refractivity contribution in [2.75, 3.05) is 0 Å². The number of nitro benzene ring substituents is 1. The molecule has 0 aliphatic carbocycles. The number of nitrogens with zero attached hydrogens (tertiary/aromatic N) is 4. The molecule has 0 fully saturated rings. The molecule has 0 amide bonds. The standard InChI is InChI=1S/C12H14FN5O2S/c1-2-17-10(6-14)15-16-12(17)21-7-8-4-3-5-9(11(8)13)18(19)20/h3-5H,2,6-7,14H2,1H3. The van der Waals surface area contributed by atoms with E-state index in [1.165, 1.54) is 23.9 Å². The summed E-state index contributed by atoms with van der Waals surface area (Å²) < 4.78 is 15.8. The van der Waals surface area contributed by atoms with Crippen molar-refractivity contribution in [2.24, 2.45) is 5.73 Å². The fourth-order valence-corrected chi connectivity index (χ4v) is 2.85. The molecule has 0 aliphatic rings. The molecule has 0 saturated carbocycles. The predicted molar refractivity (Wildman–Crippen MR) is 76.2 cm³/mol. The van der Waals surface area contributed by atoms with Crippen molar-refractivity contribution in [3.63, 3.8) is 0 Å². The predicted octanol–water partition coefficient (Wildman–Crippen LogP) is 2.10. The van der Waals surface area contributed by atoms with E-state index in [4.69, 9.17) is 5.73 Å². The third kappa shape index (κ3) is 3.19. The molecule has 0 atom stereocenters. The molecule has 1 aromatic heterocycles. The summed E-state index contributed by atoms with van der Waals surface area (Å²) in [5.74, 6) is 0.0760. The van der Waals surface area contributed by atoms with Gasteiger partial charge in [-0.05, 0) is 6.92 Å². The zero-order chi connectivity index (χ0) is 15.4. The number of halogens is 1. The molecule has 0 radical (unpaired) electrons. The van der Waals surface area contributed by atoms with E-state index < -0.39 is 16.4 Å². The Labute approximate surface area is 124 Å². The molecule has 2 aromatic rings. The number of rotatable bonds is 6. The summed E-state index contributed by atoms with van der Waals surface area (Å²) in [6.07, 6.45) is 0. The van der Waals surface area contributed by atoms with Gasteiger partial charge in [-0.1, -0.05) is 23.9 Å². The smallest absolute Gasteiger partial charge is 0.305 e. The Balaban J connectivity index is 2.19. The Morgan fingerprint density at radius 2 is 2.24 bits per heavy atom.